The van der Waals surface area contributed by atoms with Crippen LogP contribution in [0.15, 0.2) is 0 Å². The molecule has 1 heterocycles. The molecule has 3 unspecified atom stereocenters. The number of hydrogen-bond donors (Lipinski definition) is 1. The maximum atomic E-state index is 3.63. The van der Waals surface area contributed by atoms with Gasteiger partial charge in [0.2, 0.25) is 0 Å². The van der Waals surface area contributed by atoms with Crippen LogP contribution in [0.2, 0.25) is 0 Å². The minimum absolute atomic E-state index is 0.836. The molecular formula is C6H10BrN. The Labute approximate surface area is 58.0 Å². The summed E-state index contributed by atoms with van der Waals surface area (Å²) in [5.41, 5.74) is 0. The standard InChI is InChI=1S/C6H10BrN/c7-5-3-6-4(5)1-2-8-6/h4-6,8H,1-3H2. The summed E-state index contributed by atoms with van der Waals surface area (Å²) in [6.45, 7) is 1.25. The van der Waals surface area contributed by atoms with Gasteiger partial charge in [-0.25, -0.2) is 0 Å². The number of fused-ring (bicyclic) bond motifs is 1. The van der Waals surface area contributed by atoms with Gasteiger partial charge >= 0.3 is 0 Å². The van der Waals surface area contributed by atoms with Gasteiger partial charge in [0.25, 0.3) is 0 Å². The molecular weight excluding hydrogens is 166 g/mol. The lowest BCUT2D eigenvalue weighted by molar-refractivity contribution is 0.295. The molecule has 1 aliphatic heterocycles. The highest BCUT2D eigenvalue weighted by Gasteiger charge is 2.41. The van der Waals surface area contributed by atoms with E-state index in [0.29, 0.717) is 0 Å². The smallest absolute Gasteiger partial charge is 0.0204 e. The van der Waals surface area contributed by atoms with Crippen molar-refractivity contribution in [1.29, 1.82) is 0 Å². The highest BCUT2D eigenvalue weighted by molar-refractivity contribution is 9.09. The molecule has 3 atom stereocenters. The van der Waals surface area contributed by atoms with Crippen molar-refractivity contribution >= 4 is 15.9 Å². The molecule has 1 saturated carbocycles. The third-order valence-electron chi connectivity index (χ3n) is 2.34. The van der Waals surface area contributed by atoms with E-state index < -0.39 is 0 Å². The van der Waals surface area contributed by atoms with Crippen LogP contribution >= 0.6 is 15.9 Å². The Kier molecular flexibility index (Phi) is 1.12. The van der Waals surface area contributed by atoms with E-state index in [4.69, 9.17) is 0 Å². The van der Waals surface area contributed by atoms with Gasteiger partial charge in [-0.05, 0) is 25.3 Å². The summed E-state index contributed by atoms with van der Waals surface area (Å²) in [5.74, 6) is 0.968. The quantitative estimate of drug-likeness (QED) is 0.545. The maximum absolute atomic E-state index is 3.63. The van der Waals surface area contributed by atoms with E-state index in [9.17, 15) is 0 Å². The molecule has 1 saturated heterocycles. The number of nitrogens with one attached hydrogen (secondary N) is 1. The van der Waals surface area contributed by atoms with Crippen molar-refractivity contribution in [3.8, 4) is 0 Å². The van der Waals surface area contributed by atoms with Gasteiger partial charge in [-0.3, -0.25) is 0 Å². The van der Waals surface area contributed by atoms with Crippen molar-refractivity contribution < 1.29 is 0 Å². The average Bonchev–Trinajstić information content (AvgIpc) is 2.09. The molecule has 2 aliphatic rings. The van der Waals surface area contributed by atoms with Gasteiger partial charge in [-0.1, -0.05) is 15.9 Å². The number of hydrogen-bond acceptors (Lipinski definition) is 1. The van der Waals surface area contributed by atoms with Gasteiger partial charge in [0, 0.05) is 10.9 Å². The van der Waals surface area contributed by atoms with Crippen LogP contribution in [0.3, 0.4) is 0 Å². The molecule has 2 rings (SSSR count). The van der Waals surface area contributed by atoms with Crippen molar-refractivity contribution in [3.63, 3.8) is 0 Å². The minimum atomic E-state index is 0.836. The largest absolute Gasteiger partial charge is 0.314 e. The van der Waals surface area contributed by atoms with Crippen molar-refractivity contribution in [2.45, 2.75) is 23.7 Å². The lowest BCUT2D eigenvalue weighted by Gasteiger charge is -2.35. The molecule has 0 amide bonds. The zero-order valence-corrected chi connectivity index (χ0v) is 6.32. The molecule has 1 aliphatic carbocycles. The monoisotopic (exact) mass is 175 g/mol. The molecule has 0 radical (unpaired) electrons. The SMILES string of the molecule is BrC1CC2NCCC12. The maximum Gasteiger partial charge on any atom is 0.0204 e. The Hall–Kier alpha value is 0.440. The first kappa shape index (κ1) is 5.24. The average molecular weight is 176 g/mol. The number of rotatable bonds is 0. The summed E-state index contributed by atoms with van der Waals surface area (Å²) in [4.78, 5) is 0.836. The van der Waals surface area contributed by atoms with E-state index in [1.807, 2.05) is 0 Å². The van der Waals surface area contributed by atoms with Crippen molar-refractivity contribution in [1.82, 2.24) is 5.32 Å². The Bertz CT molecular complexity index is 105. The van der Waals surface area contributed by atoms with Crippen LogP contribution in [0, 0.1) is 5.92 Å². The molecule has 2 fully saturated rings. The molecule has 1 nitrogen and oxygen atoms in total. The third-order valence-corrected chi connectivity index (χ3v) is 3.40. The van der Waals surface area contributed by atoms with Gasteiger partial charge in [0.05, 0.1) is 0 Å². The number of halogens is 1. The van der Waals surface area contributed by atoms with Gasteiger partial charge in [0.15, 0.2) is 0 Å². The van der Waals surface area contributed by atoms with Crippen LogP contribution in [0.1, 0.15) is 12.8 Å². The van der Waals surface area contributed by atoms with E-state index in [1.165, 1.54) is 19.4 Å². The van der Waals surface area contributed by atoms with Crippen molar-refractivity contribution in [3.05, 3.63) is 0 Å². The molecule has 0 aromatic heterocycles. The minimum Gasteiger partial charge on any atom is -0.314 e. The highest BCUT2D eigenvalue weighted by atomic mass is 79.9. The van der Waals surface area contributed by atoms with Gasteiger partial charge in [-0.15, -0.1) is 0 Å². The molecule has 0 bridgehead atoms. The molecule has 0 aromatic rings. The summed E-state index contributed by atoms with van der Waals surface area (Å²) >= 11 is 3.63. The van der Waals surface area contributed by atoms with Crippen LogP contribution < -0.4 is 5.32 Å². The zero-order chi connectivity index (χ0) is 5.56. The van der Waals surface area contributed by atoms with Crippen LogP contribution in [-0.4, -0.2) is 17.4 Å². The Balaban J connectivity index is 2.02. The molecule has 0 aromatic carbocycles. The normalized spacial score (nSPS) is 52.9. The summed E-state index contributed by atoms with van der Waals surface area (Å²) in [6.07, 6.45) is 2.74. The molecule has 46 valence electrons. The highest BCUT2D eigenvalue weighted by Crippen LogP contribution is 2.39. The van der Waals surface area contributed by atoms with E-state index in [0.717, 1.165) is 16.8 Å². The van der Waals surface area contributed by atoms with Crippen molar-refractivity contribution in [2.24, 2.45) is 5.92 Å². The van der Waals surface area contributed by atoms with Crippen molar-refractivity contribution in [2.75, 3.05) is 6.54 Å². The fourth-order valence-electron chi connectivity index (χ4n) is 1.70. The number of alkyl halides is 1. The van der Waals surface area contributed by atoms with Gasteiger partial charge < -0.3 is 5.32 Å². The summed E-state index contributed by atoms with van der Waals surface area (Å²) in [7, 11) is 0. The second-order valence-electron chi connectivity index (χ2n) is 2.76. The lowest BCUT2D eigenvalue weighted by Crippen LogP contribution is -2.43. The second-order valence-corrected chi connectivity index (χ2v) is 3.94. The summed E-state index contributed by atoms with van der Waals surface area (Å²) in [5, 5.41) is 3.46. The fourth-order valence-corrected chi connectivity index (χ4v) is 2.74. The fraction of sp³-hybridized carbons (Fsp3) is 1.00. The summed E-state index contributed by atoms with van der Waals surface area (Å²) in [6, 6.07) is 0.874. The first-order valence-corrected chi connectivity index (χ1v) is 4.17. The predicted molar refractivity (Wildman–Crippen MR) is 37.2 cm³/mol. The lowest BCUT2D eigenvalue weighted by atomic mass is 9.81. The predicted octanol–water partition coefficient (Wildman–Crippen LogP) is 1.13. The van der Waals surface area contributed by atoms with E-state index in [1.54, 1.807) is 0 Å². The first-order chi connectivity index (χ1) is 3.88. The third kappa shape index (κ3) is 0.560. The molecule has 0 spiro atoms. The van der Waals surface area contributed by atoms with E-state index >= 15 is 0 Å². The Morgan fingerprint density at radius 3 is 2.88 bits per heavy atom. The Morgan fingerprint density at radius 1 is 1.50 bits per heavy atom. The molecule has 1 N–H and O–H groups in total. The van der Waals surface area contributed by atoms with Crippen LogP contribution in [0.4, 0.5) is 0 Å². The van der Waals surface area contributed by atoms with Gasteiger partial charge in [-0.2, -0.15) is 0 Å². The van der Waals surface area contributed by atoms with Crippen LogP contribution in [-0.2, 0) is 0 Å². The second kappa shape index (κ2) is 1.71. The van der Waals surface area contributed by atoms with E-state index in [-0.39, 0.29) is 0 Å². The zero-order valence-electron chi connectivity index (χ0n) is 4.73. The summed E-state index contributed by atoms with van der Waals surface area (Å²) < 4.78 is 0. The van der Waals surface area contributed by atoms with E-state index in [2.05, 4.69) is 21.2 Å². The van der Waals surface area contributed by atoms with Crippen LogP contribution in [0.25, 0.3) is 0 Å². The topological polar surface area (TPSA) is 12.0 Å². The van der Waals surface area contributed by atoms with Crippen LogP contribution in [0.5, 0.6) is 0 Å². The molecule has 8 heavy (non-hydrogen) atoms. The molecule has 2 heteroatoms. The first-order valence-electron chi connectivity index (χ1n) is 3.25. The van der Waals surface area contributed by atoms with Gasteiger partial charge in [0.1, 0.15) is 0 Å². The Morgan fingerprint density at radius 2 is 2.38 bits per heavy atom.